The van der Waals surface area contributed by atoms with E-state index in [1.165, 1.54) is 4.90 Å². The third kappa shape index (κ3) is 3.71. The van der Waals surface area contributed by atoms with Crippen molar-refractivity contribution in [2.75, 3.05) is 38.4 Å². The number of amides is 2. The van der Waals surface area contributed by atoms with E-state index in [0.29, 0.717) is 31.3 Å². The third-order valence-electron chi connectivity index (χ3n) is 4.53. The Kier molecular flexibility index (Phi) is 5.37. The molecule has 1 atom stereocenters. The van der Waals surface area contributed by atoms with Crippen molar-refractivity contribution in [1.29, 1.82) is 0 Å². The van der Waals surface area contributed by atoms with E-state index >= 15 is 0 Å². The number of ether oxygens (including phenoxy) is 1. The molecule has 1 aromatic carbocycles. The molecule has 2 fully saturated rings. The Morgan fingerprint density at radius 1 is 1.33 bits per heavy atom. The lowest BCUT2D eigenvalue weighted by molar-refractivity contribution is -0.143. The second kappa shape index (κ2) is 7.33. The number of benzene rings is 1. The molecule has 0 saturated carbocycles. The fourth-order valence-electron chi connectivity index (χ4n) is 3.08. The lowest BCUT2D eigenvalue weighted by atomic mass is 9.86. The summed E-state index contributed by atoms with van der Waals surface area (Å²) in [5, 5.41) is 0.671. The molecule has 0 bridgehead atoms. The van der Waals surface area contributed by atoms with Crippen molar-refractivity contribution in [3.05, 3.63) is 29.3 Å². The second-order valence-corrected chi connectivity index (χ2v) is 7.95. The standard InChI is InChI=1S/C17H21ClN2O3S/c1-19(7-8-23-14-4-2-13(18)3-5-14)12-20-15(21)10-17(16(20)22)6-9-24-11-17/h2-5H,6-12H2,1H3/t17-/m0/s1. The van der Waals surface area contributed by atoms with Crippen LogP contribution in [0.3, 0.4) is 0 Å². The smallest absolute Gasteiger partial charge is 0.237 e. The van der Waals surface area contributed by atoms with Gasteiger partial charge in [-0.3, -0.25) is 19.4 Å². The molecule has 2 saturated heterocycles. The van der Waals surface area contributed by atoms with Gasteiger partial charge in [0.1, 0.15) is 12.4 Å². The Balaban J connectivity index is 1.48. The van der Waals surface area contributed by atoms with E-state index in [1.807, 2.05) is 24.1 Å². The van der Waals surface area contributed by atoms with Gasteiger partial charge in [0, 0.05) is 23.7 Å². The van der Waals surface area contributed by atoms with Crippen LogP contribution in [0.2, 0.25) is 5.02 Å². The number of hydrogen-bond donors (Lipinski definition) is 0. The minimum atomic E-state index is -0.428. The molecule has 0 N–H and O–H groups in total. The molecule has 2 aliphatic heterocycles. The molecule has 2 aliphatic rings. The number of likely N-dealkylation sites (N-methyl/N-ethyl adjacent to an activating group) is 1. The summed E-state index contributed by atoms with van der Waals surface area (Å²) in [6.07, 6.45) is 1.19. The highest BCUT2D eigenvalue weighted by Crippen LogP contribution is 2.44. The topological polar surface area (TPSA) is 49.9 Å². The van der Waals surface area contributed by atoms with Crippen molar-refractivity contribution in [2.24, 2.45) is 5.41 Å². The summed E-state index contributed by atoms with van der Waals surface area (Å²) in [7, 11) is 1.89. The number of carbonyl (C=O) groups is 2. The Bertz CT molecular complexity index is 617. The van der Waals surface area contributed by atoms with Crippen molar-refractivity contribution in [3.8, 4) is 5.75 Å². The first-order valence-corrected chi connectivity index (χ1v) is 9.53. The number of rotatable bonds is 6. The molecule has 130 valence electrons. The highest BCUT2D eigenvalue weighted by Gasteiger charge is 2.53. The molecular weight excluding hydrogens is 348 g/mol. The Labute approximate surface area is 151 Å². The Morgan fingerprint density at radius 3 is 2.75 bits per heavy atom. The van der Waals surface area contributed by atoms with Crippen molar-refractivity contribution >= 4 is 35.2 Å². The molecule has 24 heavy (non-hydrogen) atoms. The van der Waals surface area contributed by atoms with Gasteiger partial charge in [0.2, 0.25) is 11.8 Å². The van der Waals surface area contributed by atoms with Gasteiger partial charge >= 0.3 is 0 Å². The summed E-state index contributed by atoms with van der Waals surface area (Å²) in [5.41, 5.74) is -0.428. The van der Waals surface area contributed by atoms with E-state index in [9.17, 15) is 9.59 Å². The largest absolute Gasteiger partial charge is 0.492 e. The van der Waals surface area contributed by atoms with Crippen LogP contribution in [0.15, 0.2) is 24.3 Å². The van der Waals surface area contributed by atoms with Gasteiger partial charge in [0.15, 0.2) is 0 Å². The fraction of sp³-hybridized carbons (Fsp3) is 0.529. The number of nitrogens with zero attached hydrogens (tertiary/aromatic N) is 2. The minimum Gasteiger partial charge on any atom is -0.492 e. The lowest BCUT2D eigenvalue weighted by Crippen LogP contribution is -2.43. The average molecular weight is 369 g/mol. The Hall–Kier alpha value is -1.24. The molecule has 5 nitrogen and oxygen atoms in total. The second-order valence-electron chi connectivity index (χ2n) is 6.41. The van der Waals surface area contributed by atoms with Crippen molar-refractivity contribution < 1.29 is 14.3 Å². The van der Waals surface area contributed by atoms with Crippen LogP contribution in [-0.2, 0) is 9.59 Å². The number of likely N-dealkylation sites (tertiary alicyclic amines) is 1. The van der Waals surface area contributed by atoms with E-state index in [0.717, 1.165) is 23.7 Å². The van der Waals surface area contributed by atoms with Gasteiger partial charge < -0.3 is 4.74 Å². The van der Waals surface area contributed by atoms with E-state index in [1.54, 1.807) is 23.9 Å². The molecule has 2 amide bonds. The molecule has 2 heterocycles. The van der Waals surface area contributed by atoms with Gasteiger partial charge in [0.25, 0.3) is 0 Å². The van der Waals surface area contributed by atoms with Crippen LogP contribution in [0.5, 0.6) is 5.75 Å². The van der Waals surface area contributed by atoms with Gasteiger partial charge in [-0.05, 0) is 43.5 Å². The number of hydrogen-bond acceptors (Lipinski definition) is 5. The number of halogens is 1. The van der Waals surface area contributed by atoms with Crippen LogP contribution in [0.1, 0.15) is 12.8 Å². The molecule has 7 heteroatoms. The van der Waals surface area contributed by atoms with Crippen LogP contribution in [0, 0.1) is 5.41 Å². The summed E-state index contributed by atoms with van der Waals surface area (Å²) < 4.78 is 5.65. The zero-order chi connectivity index (χ0) is 17.2. The highest BCUT2D eigenvalue weighted by molar-refractivity contribution is 7.99. The molecule has 3 rings (SSSR count). The fourth-order valence-corrected chi connectivity index (χ4v) is 4.65. The monoisotopic (exact) mass is 368 g/mol. The minimum absolute atomic E-state index is 0.00275. The van der Waals surface area contributed by atoms with Gasteiger partial charge in [-0.25, -0.2) is 0 Å². The van der Waals surface area contributed by atoms with Crippen LogP contribution >= 0.6 is 23.4 Å². The predicted molar refractivity (Wildman–Crippen MR) is 95.3 cm³/mol. The average Bonchev–Trinajstić information content (AvgIpc) is 3.11. The normalized spacial score (nSPS) is 23.7. The summed E-state index contributed by atoms with van der Waals surface area (Å²) in [4.78, 5) is 28.2. The van der Waals surface area contributed by atoms with Crippen LogP contribution in [0.4, 0.5) is 0 Å². The molecule has 0 aliphatic carbocycles. The van der Waals surface area contributed by atoms with E-state index < -0.39 is 5.41 Å². The maximum Gasteiger partial charge on any atom is 0.237 e. The third-order valence-corrected chi connectivity index (χ3v) is 6.03. The maximum absolute atomic E-state index is 12.6. The molecule has 0 unspecified atom stereocenters. The maximum atomic E-state index is 12.6. The summed E-state index contributed by atoms with van der Waals surface area (Å²) in [5.74, 6) is 2.45. The summed E-state index contributed by atoms with van der Waals surface area (Å²) in [6, 6.07) is 7.19. The molecular formula is C17H21ClN2O3S. The first kappa shape index (κ1) is 17.6. The van der Waals surface area contributed by atoms with E-state index in [2.05, 4.69) is 0 Å². The van der Waals surface area contributed by atoms with E-state index in [-0.39, 0.29) is 11.8 Å². The van der Waals surface area contributed by atoms with Crippen LogP contribution in [0.25, 0.3) is 0 Å². The lowest BCUT2D eigenvalue weighted by Gasteiger charge is -2.25. The van der Waals surface area contributed by atoms with Crippen molar-refractivity contribution in [1.82, 2.24) is 9.80 Å². The quantitative estimate of drug-likeness (QED) is 0.722. The Morgan fingerprint density at radius 2 is 2.08 bits per heavy atom. The molecule has 0 aromatic heterocycles. The number of thioether (sulfide) groups is 1. The van der Waals surface area contributed by atoms with Crippen molar-refractivity contribution in [2.45, 2.75) is 12.8 Å². The number of carbonyl (C=O) groups excluding carboxylic acids is 2. The van der Waals surface area contributed by atoms with E-state index in [4.69, 9.17) is 16.3 Å². The summed E-state index contributed by atoms with van der Waals surface area (Å²) in [6.45, 7) is 1.44. The summed E-state index contributed by atoms with van der Waals surface area (Å²) >= 11 is 7.60. The highest BCUT2D eigenvalue weighted by atomic mass is 35.5. The van der Waals surface area contributed by atoms with Gasteiger partial charge in [-0.15, -0.1) is 0 Å². The van der Waals surface area contributed by atoms with Crippen molar-refractivity contribution in [3.63, 3.8) is 0 Å². The SMILES string of the molecule is CN(CCOc1ccc(Cl)cc1)CN1C(=O)C[C@]2(CCSC2)C1=O. The van der Waals surface area contributed by atoms with Crippen LogP contribution < -0.4 is 4.74 Å². The molecule has 1 aromatic rings. The van der Waals surface area contributed by atoms with Crippen LogP contribution in [-0.4, -0.2) is 60.0 Å². The van der Waals surface area contributed by atoms with Gasteiger partial charge in [0.05, 0.1) is 12.1 Å². The zero-order valence-electron chi connectivity index (χ0n) is 13.7. The first-order chi connectivity index (χ1) is 11.5. The first-order valence-electron chi connectivity index (χ1n) is 8.00. The predicted octanol–water partition coefficient (Wildman–Crippen LogP) is 2.49. The molecule has 1 spiro atoms. The zero-order valence-corrected chi connectivity index (χ0v) is 15.2. The molecule has 0 radical (unpaired) electrons. The van der Waals surface area contributed by atoms with Gasteiger partial charge in [-0.1, -0.05) is 11.6 Å². The van der Waals surface area contributed by atoms with Gasteiger partial charge in [-0.2, -0.15) is 11.8 Å². The number of imide groups is 1.